The molecule has 6 heteroatoms. The van der Waals surface area contributed by atoms with Crippen LogP contribution in [-0.2, 0) is 13.1 Å². The molecular weight excluding hydrogens is 479 g/mol. The summed E-state index contributed by atoms with van der Waals surface area (Å²) in [5, 5.41) is 0. The lowest BCUT2D eigenvalue weighted by Gasteiger charge is -2.22. The number of carbonyl (C=O) groups excluding carboxylic acids is 2. The predicted molar refractivity (Wildman–Crippen MR) is 150 cm³/mol. The highest BCUT2D eigenvalue weighted by molar-refractivity contribution is 6.00. The van der Waals surface area contributed by atoms with E-state index in [0.717, 1.165) is 56.8 Å². The molecule has 0 atom stereocenters. The van der Waals surface area contributed by atoms with Crippen molar-refractivity contribution >= 4 is 36.4 Å². The molecule has 2 aromatic rings. The minimum atomic E-state index is -0.349. The van der Waals surface area contributed by atoms with E-state index in [9.17, 15) is 9.59 Å². The number of hydrogen-bond acceptors (Lipinski definition) is 4. The molecule has 35 heavy (non-hydrogen) atoms. The first kappa shape index (κ1) is 31.3. The molecule has 2 aromatic carbocycles. The molecule has 0 radical (unpaired) electrons. The van der Waals surface area contributed by atoms with Crippen molar-refractivity contribution in [2.75, 3.05) is 26.2 Å². The lowest BCUT2D eigenvalue weighted by molar-refractivity contribution is 0.0852. The van der Waals surface area contributed by atoms with Crippen molar-refractivity contribution in [1.29, 1.82) is 0 Å². The number of rotatable bonds is 6. The van der Waals surface area contributed by atoms with Gasteiger partial charge in [0.1, 0.15) is 0 Å². The Balaban J connectivity index is 0.00000306. The van der Waals surface area contributed by atoms with E-state index >= 15 is 0 Å². The maximum Gasteiger partial charge on any atom is 0.168 e. The first-order valence-corrected chi connectivity index (χ1v) is 12.2. The highest BCUT2D eigenvalue weighted by Crippen LogP contribution is 2.23. The number of nitrogens with zero attached hydrogens (tertiary/aromatic N) is 2. The fourth-order valence-corrected chi connectivity index (χ4v) is 4.25. The van der Waals surface area contributed by atoms with Crippen LogP contribution in [0, 0.1) is 10.8 Å². The highest BCUT2D eigenvalue weighted by atomic mass is 35.5. The van der Waals surface area contributed by atoms with Gasteiger partial charge in [0, 0.05) is 48.1 Å². The molecule has 1 heterocycles. The van der Waals surface area contributed by atoms with Crippen LogP contribution in [0.3, 0.4) is 0 Å². The maximum absolute atomic E-state index is 12.5. The second-order valence-corrected chi connectivity index (χ2v) is 11.5. The molecule has 0 saturated carbocycles. The first-order valence-electron chi connectivity index (χ1n) is 12.2. The van der Waals surface area contributed by atoms with Gasteiger partial charge in [-0.2, -0.15) is 0 Å². The summed E-state index contributed by atoms with van der Waals surface area (Å²) in [4.78, 5) is 29.9. The van der Waals surface area contributed by atoms with Gasteiger partial charge in [-0.3, -0.25) is 19.4 Å². The SMILES string of the molecule is CC(C)(C)C(=O)c1ccc(CN2CCCN(Cc3ccc(C(=O)C(C)(C)C)cc3)CC2)cc1.Cl.Cl. The molecule has 1 aliphatic heterocycles. The van der Waals surface area contributed by atoms with Gasteiger partial charge < -0.3 is 0 Å². The molecule has 0 unspecified atom stereocenters. The smallest absolute Gasteiger partial charge is 0.168 e. The van der Waals surface area contributed by atoms with Crippen LogP contribution in [0.5, 0.6) is 0 Å². The van der Waals surface area contributed by atoms with Gasteiger partial charge in [-0.15, -0.1) is 24.8 Å². The minimum Gasteiger partial charge on any atom is -0.298 e. The Bertz CT molecular complexity index is 879. The van der Waals surface area contributed by atoms with E-state index in [0.29, 0.717) is 0 Å². The fourth-order valence-electron chi connectivity index (χ4n) is 4.25. The molecule has 0 aliphatic carbocycles. The number of hydrogen-bond donors (Lipinski definition) is 0. The Morgan fingerprint density at radius 2 is 0.914 bits per heavy atom. The van der Waals surface area contributed by atoms with Crippen LogP contribution >= 0.6 is 24.8 Å². The minimum absolute atomic E-state index is 0. The summed E-state index contributed by atoms with van der Waals surface area (Å²) in [6, 6.07) is 16.3. The van der Waals surface area contributed by atoms with Crippen molar-refractivity contribution in [3.05, 3.63) is 70.8 Å². The Kier molecular flexibility index (Phi) is 11.6. The zero-order chi connectivity index (χ0) is 24.2. The second-order valence-electron chi connectivity index (χ2n) is 11.5. The normalized spacial score (nSPS) is 15.5. The zero-order valence-electron chi connectivity index (χ0n) is 22.1. The third-order valence-corrected chi connectivity index (χ3v) is 6.29. The monoisotopic (exact) mass is 520 g/mol. The van der Waals surface area contributed by atoms with Gasteiger partial charge in [-0.25, -0.2) is 0 Å². The van der Waals surface area contributed by atoms with Gasteiger partial charge in [-0.05, 0) is 30.6 Å². The molecule has 0 N–H and O–H groups in total. The number of halogens is 2. The summed E-state index contributed by atoms with van der Waals surface area (Å²) in [5.74, 6) is 0.380. The molecule has 0 spiro atoms. The van der Waals surface area contributed by atoms with E-state index in [-0.39, 0.29) is 47.2 Å². The van der Waals surface area contributed by atoms with E-state index in [2.05, 4.69) is 34.1 Å². The molecule has 3 rings (SSSR count). The molecule has 1 fully saturated rings. The van der Waals surface area contributed by atoms with Gasteiger partial charge in [0.05, 0.1) is 0 Å². The Labute approximate surface area is 224 Å². The summed E-state index contributed by atoms with van der Waals surface area (Å²) in [5.41, 5.74) is 3.41. The van der Waals surface area contributed by atoms with Crippen molar-refractivity contribution in [2.24, 2.45) is 10.8 Å². The molecule has 4 nitrogen and oxygen atoms in total. The Morgan fingerprint density at radius 3 is 1.20 bits per heavy atom. The summed E-state index contributed by atoms with van der Waals surface area (Å²) >= 11 is 0. The third-order valence-electron chi connectivity index (χ3n) is 6.29. The van der Waals surface area contributed by atoms with Gasteiger partial charge in [0.25, 0.3) is 0 Å². The number of Topliss-reactive ketones (excluding diaryl/α,β-unsaturated/α-hetero) is 2. The lowest BCUT2D eigenvalue weighted by atomic mass is 9.86. The van der Waals surface area contributed by atoms with Gasteiger partial charge >= 0.3 is 0 Å². The van der Waals surface area contributed by atoms with E-state index in [1.807, 2.05) is 65.8 Å². The number of ketones is 2. The van der Waals surface area contributed by atoms with Crippen LogP contribution in [-0.4, -0.2) is 47.5 Å². The predicted octanol–water partition coefficient (Wildman–Crippen LogP) is 6.70. The molecule has 0 amide bonds. The van der Waals surface area contributed by atoms with Crippen molar-refractivity contribution in [3.8, 4) is 0 Å². The topological polar surface area (TPSA) is 40.6 Å². The molecule has 1 saturated heterocycles. The van der Waals surface area contributed by atoms with E-state index < -0.39 is 0 Å². The average Bonchev–Trinajstić information content (AvgIpc) is 2.97. The first-order chi connectivity index (χ1) is 15.4. The Morgan fingerprint density at radius 1 is 0.600 bits per heavy atom. The Hall–Kier alpha value is -1.72. The van der Waals surface area contributed by atoms with Gasteiger partial charge in [0.15, 0.2) is 11.6 Å². The van der Waals surface area contributed by atoms with Crippen LogP contribution in [0.1, 0.15) is 79.8 Å². The molecule has 0 bridgehead atoms. The van der Waals surface area contributed by atoms with Crippen LogP contribution in [0.15, 0.2) is 48.5 Å². The fraction of sp³-hybridized carbons (Fsp3) is 0.517. The standard InChI is InChI=1S/C29H40N2O2.2ClH/c1-28(2,3)26(32)24-12-8-22(9-13-24)20-30-16-7-17-31(19-18-30)21-23-10-14-25(15-11-23)27(33)29(4,5)6;;/h8-15H,7,16-21H2,1-6H3;2*1H. The quantitative estimate of drug-likeness (QED) is 0.397. The maximum atomic E-state index is 12.5. The van der Waals surface area contributed by atoms with E-state index in [1.165, 1.54) is 11.1 Å². The van der Waals surface area contributed by atoms with Crippen molar-refractivity contribution in [3.63, 3.8) is 0 Å². The summed E-state index contributed by atoms with van der Waals surface area (Å²) in [6.07, 6.45) is 1.14. The van der Waals surface area contributed by atoms with Gasteiger partial charge in [-0.1, -0.05) is 90.1 Å². The van der Waals surface area contributed by atoms with Crippen LogP contribution < -0.4 is 0 Å². The third kappa shape index (κ3) is 9.02. The van der Waals surface area contributed by atoms with E-state index in [4.69, 9.17) is 0 Å². The van der Waals surface area contributed by atoms with Crippen molar-refractivity contribution in [1.82, 2.24) is 9.80 Å². The molecule has 0 aromatic heterocycles. The second kappa shape index (κ2) is 13.0. The van der Waals surface area contributed by atoms with Crippen molar-refractivity contribution < 1.29 is 9.59 Å². The highest BCUT2D eigenvalue weighted by Gasteiger charge is 2.24. The van der Waals surface area contributed by atoms with Crippen molar-refractivity contribution in [2.45, 2.75) is 61.1 Å². The number of carbonyl (C=O) groups is 2. The van der Waals surface area contributed by atoms with E-state index in [1.54, 1.807) is 0 Å². The summed E-state index contributed by atoms with van der Waals surface area (Å²) < 4.78 is 0. The summed E-state index contributed by atoms with van der Waals surface area (Å²) in [6.45, 7) is 17.8. The number of benzene rings is 2. The lowest BCUT2D eigenvalue weighted by Crippen LogP contribution is -2.30. The molecule has 1 aliphatic rings. The average molecular weight is 522 g/mol. The van der Waals surface area contributed by atoms with Crippen LogP contribution in [0.2, 0.25) is 0 Å². The largest absolute Gasteiger partial charge is 0.298 e. The molecular formula is C29H42Cl2N2O2. The summed E-state index contributed by atoms with van der Waals surface area (Å²) in [7, 11) is 0. The molecule has 194 valence electrons. The van der Waals surface area contributed by atoms with Crippen LogP contribution in [0.25, 0.3) is 0 Å². The van der Waals surface area contributed by atoms with Crippen LogP contribution in [0.4, 0.5) is 0 Å². The van der Waals surface area contributed by atoms with Gasteiger partial charge in [0.2, 0.25) is 0 Å². The zero-order valence-corrected chi connectivity index (χ0v) is 23.7.